The summed E-state index contributed by atoms with van der Waals surface area (Å²) in [6.07, 6.45) is 9.32. The standard InChI is InChI=1S/C16H18O/c1-13-4-2-6-16(12-13)15-9-7-14(8-10-15)5-3-11-17/h6-12H,2-5H2,1H3. The minimum absolute atomic E-state index is 0.612. The maximum Gasteiger partial charge on any atom is 0.120 e. The molecule has 0 bridgehead atoms. The Bertz CT molecular complexity index is 449. The van der Waals surface area contributed by atoms with Crippen LogP contribution in [0.3, 0.4) is 0 Å². The first kappa shape index (κ1) is 11.8. The monoisotopic (exact) mass is 226 g/mol. The molecule has 1 aliphatic carbocycles. The van der Waals surface area contributed by atoms with E-state index < -0.39 is 0 Å². The zero-order valence-electron chi connectivity index (χ0n) is 10.3. The van der Waals surface area contributed by atoms with Crippen LogP contribution in [-0.2, 0) is 11.2 Å². The number of carbonyl (C=O) groups excluding carboxylic acids is 1. The molecule has 1 heteroatoms. The number of rotatable bonds is 4. The summed E-state index contributed by atoms with van der Waals surface area (Å²) >= 11 is 0. The van der Waals surface area contributed by atoms with Crippen LogP contribution in [-0.4, -0.2) is 6.29 Å². The van der Waals surface area contributed by atoms with E-state index in [-0.39, 0.29) is 0 Å². The number of hydrogen-bond donors (Lipinski definition) is 0. The summed E-state index contributed by atoms with van der Waals surface area (Å²) in [5, 5.41) is 0. The van der Waals surface area contributed by atoms with Gasteiger partial charge in [0.15, 0.2) is 0 Å². The van der Waals surface area contributed by atoms with Crippen LogP contribution < -0.4 is 0 Å². The van der Waals surface area contributed by atoms with Crippen molar-refractivity contribution in [2.24, 2.45) is 0 Å². The molecular formula is C16H18O. The van der Waals surface area contributed by atoms with Gasteiger partial charge in [-0.3, -0.25) is 0 Å². The molecule has 88 valence electrons. The maximum atomic E-state index is 10.3. The van der Waals surface area contributed by atoms with Crippen molar-refractivity contribution in [2.45, 2.75) is 32.6 Å². The lowest BCUT2D eigenvalue weighted by molar-refractivity contribution is -0.107. The molecule has 1 aromatic carbocycles. The highest BCUT2D eigenvalue weighted by Crippen LogP contribution is 2.25. The molecule has 0 aromatic heterocycles. The third-order valence-corrected chi connectivity index (χ3v) is 3.14. The zero-order chi connectivity index (χ0) is 12.1. The molecule has 0 amide bonds. The molecule has 0 aliphatic heterocycles. The Morgan fingerprint density at radius 3 is 2.65 bits per heavy atom. The third-order valence-electron chi connectivity index (χ3n) is 3.14. The fraction of sp³-hybridized carbons (Fsp3) is 0.312. The van der Waals surface area contributed by atoms with Crippen LogP contribution in [0.15, 0.2) is 42.0 Å². The number of carbonyl (C=O) groups is 1. The number of allylic oxidation sites excluding steroid dienone is 4. The van der Waals surface area contributed by atoms with E-state index in [2.05, 4.69) is 43.3 Å². The van der Waals surface area contributed by atoms with Gasteiger partial charge in [0.05, 0.1) is 0 Å². The fourth-order valence-corrected chi connectivity index (χ4v) is 2.14. The van der Waals surface area contributed by atoms with Crippen molar-refractivity contribution >= 4 is 11.9 Å². The van der Waals surface area contributed by atoms with Crippen LogP contribution in [0.1, 0.15) is 37.3 Å². The van der Waals surface area contributed by atoms with Crippen LogP contribution in [0.4, 0.5) is 0 Å². The van der Waals surface area contributed by atoms with E-state index in [1.54, 1.807) is 0 Å². The molecule has 2 rings (SSSR count). The Kier molecular flexibility index (Phi) is 3.92. The van der Waals surface area contributed by atoms with Gasteiger partial charge in [-0.2, -0.15) is 0 Å². The highest BCUT2D eigenvalue weighted by Gasteiger charge is 2.04. The molecule has 0 atom stereocenters. The fourth-order valence-electron chi connectivity index (χ4n) is 2.14. The van der Waals surface area contributed by atoms with Crippen molar-refractivity contribution in [1.82, 2.24) is 0 Å². The normalized spacial score (nSPS) is 15.1. The van der Waals surface area contributed by atoms with E-state index in [0.717, 1.165) is 19.1 Å². The number of benzene rings is 1. The smallest absolute Gasteiger partial charge is 0.120 e. The van der Waals surface area contributed by atoms with Gasteiger partial charge in [-0.15, -0.1) is 0 Å². The van der Waals surface area contributed by atoms with Crippen LogP contribution in [0.25, 0.3) is 5.57 Å². The Hall–Kier alpha value is -1.63. The lowest BCUT2D eigenvalue weighted by Gasteiger charge is -2.11. The van der Waals surface area contributed by atoms with Crippen LogP contribution in [0, 0.1) is 0 Å². The second-order valence-electron chi connectivity index (χ2n) is 4.59. The van der Waals surface area contributed by atoms with Crippen LogP contribution in [0.5, 0.6) is 0 Å². The molecule has 0 radical (unpaired) electrons. The zero-order valence-corrected chi connectivity index (χ0v) is 10.3. The second-order valence-corrected chi connectivity index (χ2v) is 4.59. The summed E-state index contributed by atoms with van der Waals surface area (Å²) in [4.78, 5) is 10.3. The minimum atomic E-state index is 0.612. The van der Waals surface area contributed by atoms with Crippen molar-refractivity contribution in [2.75, 3.05) is 0 Å². The molecule has 0 saturated heterocycles. The summed E-state index contributed by atoms with van der Waals surface area (Å²) in [5.74, 6) is 0. The predicted octanol–water partition coefficient (Wildman–Crippen LogP) is 3.94. The molecule has 0 unspecified atom stereocenters. The van der Waals surface area contributed by atoms with Crippen molar-refractivity contribution in [1.29, 1.82) is 0 Å². The first-order chi connectivity index (χ1) is 8.29. The molecule has 1 aromatic rings. The summed E-state index contributed by atoms with van der Waals surface area (Å²) in [5.41, 5.74) is 5.29. The molecular weight excluding hydrogens is 208 g/mol. The third kappa shape index (κ3) is 3.16. The van der Waals surface area contributed by atoms with Gasteiger partial charge in [-0.1, -0.05) is 42.0 Å². The number of aldehydes is 1. The summed E-state index contributed by atoms with van der Waals surface area (Å²) in [6, 6.07) is 8.55. The van der Waals surface area contributed by atoms with Gasteiger partial charge in [-0.25, -0.2) is 0 Å². The highest BCUT2D eigenvalue weighted by atomic mass is 16.1. The first-order valence-corrected chi connectivity index (χ1v) is 6.20. The summed E-state index contributed by atoms with van der Waals surface area (Å²) < 4.78 is 0. The Balaban J connectivity index is 2.12. The van der Waals surface area contributed by atoms with Gasteiger partial charge < -0.3 is 4.79 Å². The topological polar surface area (TPSA) is 17.1 Å². The van der Waals surface area contributed by atoms with Gasteiger partial charge >= 0.3 is 0 Å². The Morgan fingerprint density at radius 2 is 2.00 bits per heavy atom. The van der Waals surface area contributed by atoms with Crippen LogP contribution >= 0.6 is 0 Å². The van der Waals surface area contributed by atoms with E-state index in [1.807, 2.05) is 0 Å². The molecule has 17 heavy (non-hydrogen) atoms. The van der Waals surface area contributed by atoms with E-state index in [9.17, 15) is 4.79 Å². The lowest BCUT2D eigenvalue weighted by atomic mass is 9.94. The minimum Gasteiger partial charge on any atom is -0.303 e. The lowest BCUT2D eigenvalue weighted by Crippen LogP contribution is -1.91. The average Bonchev–Trinajstić information content (AvgIpc) is 2.37. The molecule has 0 heterocycles. The average molecular weight is 226 g/mol. The Labute approximate surface area is 103 Å². The molecule has 1 aliphatic rings. The van der Waals surface area contributed by atoms with E-state index in [4.69, 9.17) is 0 Å². The van der Waals surface area contributed by atoms with Gasteiger partial charge in [0.25, 0.3) is 0 Å². The molecule has 0 spiro atoms. The quantitative estimate of drug-likeness (QED) is 0.711. The molecule has 1 nitrogen and oxygen atoms in total. The summed E-state index contributed by atoms with van der Waals surface area (Å²) in [6.45, 7) is 2.19. The van der Waals surface area contributed by atoms with E-state index in [0.29, 0.717) is 6.42 Å². The second kappa shape index (κ2) is 5.62. The van der Waals surface area contributed by atoms with Gasteiger partial charge in [0.1, 0.15) is 6.29 Å². The highest BCUT2D eigenvalue weighted by molar-refractivity contribution is 5.75. The van der Waals surface area contributed by atoms with E-state index >= 15 is 0 Å². The SMILES string of the molecule is CC1=CC(c2ccc(CCC=O)cc2)=CCC1. The van der Waals surface area contributed by atoms with Crippen LogP contribution in [0.2, 0.25) is 0 Å². The van der Waals surface area contributed by atoms with Gasteiger partial charge in [-0.05, 0) is 42.9 Å². The number of aryl methyl sites for hydroxylation is 1. The van der Waals surface area contributed by atoms with E-state index in [1.165, 1.54) is 28.7 Å². The van der Waals surface area contributed by atoms with Gasteiger partial charge in [0.2, 0.25) is 0 Å². The molecule has 0 saturated carbocycles. The van der Waals surface area contributed by atoms with Crippen molar-refractivity contribution in [3.05, 3.63) is 53.1 Å². The van der Waals surface area contributed by atoms with Crippen molar-refractivity contribution in [3.8, 4) is 0 Å². The number of hydrogen-bond acceptors (Lipinski definition) is 1. The first-order valence-electron chi connectivity index (χ1n) is 6.20. The van der Waals surface area contributed by atoms with Crippen molar-refractivity contribution in [3.63, 3.8) is 0 Å². The molecule has 0 fully saturated rings. The summed E-state index contributed by atoms with van der Waals surface area (Å²) in [7, 11) is 0. The maximum absolute atomic E-state index is 10.3. The molecule has 0 N–H and O–H groups in total. The largest absolute Gasteiger partial charge is 0.303 e. The predicted molar refractivity (Wildman–Crippen MR) is 71.8 cm³/mol. The van der Waals surface area contributed by atoms with Crippen molar-refractivity contribution < 1.29 is 4.79 Å². The van der Waals surface area contributed by atoms with Gasteiger partial charge in [0, 0.05) is 6.42 Å². The Morgan fingerprint density at radius 1 is 1.24 bits per heavy atom.